The van der Waals surface area contributed by atoms with Crippen LogP contribution in [0.1, 0.15) is 38.5 Å². The number of sulfonamides is 1. The van der Waals surface area contributed by atoms with Gasteiger partial charge in [0.05, 0.1) is 5.25 Å². The lowest BCUT2D eigenvalue weighted by Gasteiger charge is -2.25. The highest BCUT2D eigenvalue weighted by atomic mass is 32.2. The van der Waals surface area contributed by atoms with Gasteiger partial charge in [-0.3, -0.25) is 0 Å². The normalized spacial score (nSPS) is 31.2. The molecule has 0 aromatic heterocycles. The second-order valence-corrected chi connectivity index (χ2v) is 7.50. The third kappa shape index (κ3) is 2.13. The lowest BCUT2D eigenvalue weighted by molar-refractivity contribution is 0.362. The Labute approximate surface area is 97.4 Å². The summed E-state index contributed by atoms with van der Waals surface area (Å²) in [5.41, 5.74) is 0. The largest absolute Gasteiger partial charge is 0.313 e. The molecule has 1 aliphatic heterocycles. The Morgan fingerprint density at radius 2 is 1.88 bits per heavy atom. The van der Waals surface area contributed by atoms with Crippen LogP contribution in [0.15, 0.2) is 0 Å². The van der Waals surface area contributed by atoms with E-state index >= 15 is 0 Å². The summed E-state index contributed by atoms with van der Waals surface area (Å²) in [5.74, 6) is 0. The number of nitrogens with zero attached hydrogens (tertiary/aromatic N) is 1. The van der Waals surface area contributed by atoms with Crippen molar-refractivity contribution in [2.45, 2.75) is 55.9 Å². The minimum Gasteiger partial charge on any atom is -0.313 e. The average Bonchev–Trinajstić information content (AvgIpc) is 3.13. The molecule has 0 bridgehead atoms. The van der Waals surface area contributed by atoms with Gasteiger partial charge < -0.3 is 5.32 Å². The molecule has 0 spiro atoms. The maximum absolute atomic E-state index is 12.3. The molecule has 1 heterocycles. The van der Waals surface area contributed by atoms with Gasteiger partial charge in [0, 0.05) is 18.6 Å². The highest BCUT2D eigenvalue weighted by molar-refractivity contribution is 7.90. The van der Waals surface area contributed by atoms with Gasteiger partial charge in [-0.15, -0.1) is 0 Å². The topological polar surface area (TPSA) is 49.4 Å². The van der Waals surface area contributed by atoms with E-state index in [-0.39, 0.29) is 5.25 Å². The van der Waals surface area contributed by atoms with Gasteiger partial charge in [0.1, 0.15) is 0 Å². The van der Waals surface area contributed by atoms with Crippen LogP contribution >= 0.6 is 0 Å². The number of nitrogens with one attached hydrogen (secondary N) is 1. The monoisotopic (exact) mass is 244 g/mol. The summed E-state index contributed by atoms with van der Waals surface area (Å²) in [6, 6.07) is 0.724. The van der Waals surface area contributed by atoms with E-state index < -0.39 is 10.0 Å². The quantitative estimate of drug-likeness (QED) is 0.774. The minimum atomic E-state index is -2.96. The Bertz CT molecular complexity index is 354. The van der Waals surface area contributed by atoms with E-state index in [4.69, 9.17) is 0 Å². The zero-order chi connectivity index (χ0) is 11.2. The molecular formula is C11H20N2O2S. The van der Waals surface area contributed by atoms with Gasteiger partial charge in [0.2, 0.25) is 10.0 Å². The molecule has 0 amide bonds. The van der Waals surface area contributed by atoms with Crippen molar-refractivity contribution in [3.63, 3.8) is 0 Å². The Morgan fingerprint density at radius 1 is 1.12 bits per heavy atom. The molecule has 1 saturated heterocycles. The summed E-state index contributed by atoms with van der Waals surface area (Å²) in [4.78, 5) is 0. The fourth-order valence-electron chi connectivity index (χ4n) is 2.51. The molecule has 1 N–H and O–H groups in total. The van der Waals surface area contributed by atoms with E-state index in [2.05, 4.69) is 5.32 Å². The standard InChI is InChI=1S/C11H20N2O2S/c14-16(15,11-5-6-11)13(10-3-4-10)8-9-2-1-7-12-9/h9-12H,1-8H2. The minimum absolute atomic E-state index is 0.0468. The summed E-state index contributed by atoms with van der Waals surface area (Å²) >= 11 is 0. The van der Waals surface area contributed by atoms with Crippen molar-refractivity contribution >= 4 is 10.0 Å². The fourth-order valence-corrected chi connectivity index (χ4v) is 4.64. The summed E-state index contributed by atoms with van der Waals surface area (Å²) in [6.07, 6.45) is 6.21. The van der Waals surface area contributed by atoms with Crippen LogP contribution in [0.4, 0.5) is 0 Å². The molecule has 0 aromatic carbocycles. The van der Waals surface area contributed by atoms with E-state index in [1.165, 1.54) is 6.42 Å². The van der Waals surface area contributed by atoms with Crippen LogP contribution in [0.25, 0.3) is 0 Å². The molecule has 4 nitrogen and oxygen atoms in total. The molecule has 1 atom stereocenters. The summed E-state index contributed by atoms with van der Waals surface area (Å²) in [7, 11) is -2.96. The third-order valence-electron chi connectivity index (χ3n) is 3.79. The molecule has 0 radical (unpaired) electrons. The van der Waals surface area contributed by atoms with Gasteiger partial charge in [-0.05, 0) is 45.1 Å². The van der Waals surface area contributed by atoms with Gasteiger partial charge in [-0.1, -0.05) is 0 Å². The Morgan fingerprint density at radius 3 is 2.38 bits per heavy atom. The van der Waals surface area contributed by atoms with E-state index in [0.717, 1.165) is 38.6 Å². The summed E-state index contributed by atoms with van der Waals surface area (Å²) in [6.45, 7) is 1.76. The van der Waals surface area contributed by atoms with Gasteiger partial charge in [0.25, 0.3) is 0 Å². The number of rotatable bonds is 5. The van der Waals surface area contributed by atoms with Crippen LogP contribution in [-0.4, -0.2) is 43.1 Å². The van der Waals surface area contributed by atoms with Crippen molar-refractivity contribution in [2.75, 3.05) is 13.1 Å². The smallest absolute Gasteiger partial charge is 0.217 e. The number of hydrogen-bond donors (Lipinski definition) is 1. The van der Waals surface area contributed by atoms with E-state index in [9.17, 15) is 8.42 Å². The molecule has 0 aromatic rings. The highest BCUT2D eigenvalue weighted by Crippen LogP contribution is 2.37. The van der Waals surface area contributed by atoms with E-state index in [1.807, 2.05) is 4.31 Å². The zero-order valence-electron chi connectivity index (χ0n) is 9.56. The van der Waals surface area contributed by atoms with Gasteiger partial charge in [-0.2, -0.15) is 4.31 Å². The molecule has 2 saturated carbocycles. The second kappa shape index (κ2) is 3.96. The lowest BCUT2D eigenvalue weighted by Crippen LogP contribution is -2.43. The molecule has 1 unspecified atom stereocenters. The molecule has 5 heteroatoms. The maximum atomic E-state index is 12.3. The van der Waals surface area contributed by atoms with Crippen LogP contribution < -0.4 is 5.32 Å². The first-order valence-electron chi connectivity index (χ1n) is 6.42. The van der Waals surface area contributed by atoms with Crippen LogP contribution in [0.2, 0.25) is 0 Å². The molecule has 3 fully saturated rings. The molecule has 92 valence electrons. The zero-order valence-corrected chi connectivity index (χ0v) is 10.4. The fraction of sp³-hybridized carbons (Fsp3) is 1.00. The van der Waals surface area contributed by atoms with Crippen molar-refractivity contribution in [1.82, 2.24) is 9.62 Å². The predicted molar refractivity (Wildman–Crippen MR) is 62.7 cm³/mol. The van der Waals surface area contributed by atoms with Crippen LogP contribution in [-0.2, 0) is 10.0 Å². The predicted octanol–water partition coefficient (Wildman–Crippen LogP) is 0.695. The molecule has 3 aliphatic rings. The average molecular weight is 244 g/mol. The first kappa shape index (κ1) is 11.0. The molecule has 3 rings (SSSR count). The van der Waals surface area contributed by atoms with Gasteiger partial charge in [-0.25, -0.2) is 8.42 Å². The number of hydrogen-bond acceptors (Lipinski definition) is 3. The lowest BCUT2D eigenvalue weighted by atomic mass is 10.2. The molecule has 16 heavy (non-hydrogen) atoms. The molecule has 2 aliphatic carbocycles. The molecular weight excluding hydrogens is 224 g/mol. The second-order valence-electron chi connectivity index (χ2n) is 5.34. The Kier molecular flexibility index (Phi) is 2.72. The van der Waals surface area contributed by atoms with Gasteiger partial charge >= 0.3 is 0 Å². The van der Waals surface area contributed by atoms with Crippen molar-refractivity contribution in [1.29, 1.82) is 0 Å². The maximum Gasteiger partial charge on any atom is 0.217 e. The Hall–Kier alpha value is -0.130. The first-order chi connectivity index (χ1) is 7.68. The summed E-state index contributed by atoms with van der Waals surface area (Å²) in [5, 5.41) is 3.35. The van der Waals surface area contributed by atoms with Gasteiger partial charge in [0.15, 0.2) is 0 Å². The van der Waals surface area contributed by atoms with Crippen LogP contribution in [0.5, 0.6) is 0 Å². The summed E-state index contributed by atoms with van der Waals surface area (Å²) < 4.78 is 26.3. The van der Waals surface area contributed by atoms with E-state index in [0.29, 0.717) is 18.6 Å². The van der Waals surface area contributed by atoms with E-state index in [1.54, 1.807) is 0 Å². The highest BCUT2D eigenvalue weighted by Gasteiger charge is 2.46. The van der Waals surface area contributed by atoms with Crippen molar-refractivity contribution in [2.24, 2.45) is 0 Å². The van der Waals surface area contributed by atoms with Crippen LogP contribution in [0.3, 0.4) is 0 Å². The third-order valence-corrected chi connectivity index (χ3v) is 6.20. The van der Waals surface area contributed by atoms with Crippen LogP contribution in [0, 0.1) is 0 Å². The SMILES string of the molecule is O=S(=O)(C1CC1)N(CC1CCCN1)C1CC1. The van der Waals surface area contributed by atoms with Crippen molar-refractivity contribution < 1.29 is 8.42 Å². The first-order valence-corrected chi connectivity index (χ1v) is 7.92. The van der Waals surface area contributed by atoms with Crippen molar-refractivity contribution in [3.8, 4) is 0 Å². The Balaban J connectivity index is 1.70. The van der Waals surface area contributed by atoms with Crippen molar-refractivity contribution in [3.05, 3.63) is 0 Å².